The molecule has 0 bridgehead atoms. The molecule has 1 aliphatic heterocycles. The van der Waals surface area contributed by atoms with E-state index in [1.807, 2.05) is 11.9 Å². The van der Waals surface area contributed by atoms with Crippen LogP contribution in [0.3, 0.4) is 0 Å². The number of hydrogen-bond acceptors (Lipinski definition) is 4. The predicted molar refractivity (Wildman–Crippen MR) is 102 cm³/mol. The number of carbonyl (C=O) groups excluding carboxylic acids is 1. The van der Waals surface area contributed by atoms with Gasteiger partial charge in [0.2, 0.25) is 0 Å². The molecular weight excluding hydrogens is 369 g/mol. The monoisotopic (exact) mass is 391 g/mol. The van der Waals surface area contributed by atoms with Gasteiger partial charge < -0.3 is 10.2 Å². The predicted octanol–water partition coefficient (Wildman–Crippen LogP) is 2.45. The molecule has 1 fully saturated rings. The maximum atomic E-state index is 13.0. The minimum atomic E-state index is -3.81. The second-order valence-corrected chi connectivity index (χ2v) is 8.17. The molecular formula is C19H22FN3O3S. The van der Waals surface area contributed by atoms with Gasteiger partial charge in [0.1, 0.15) is 5.82 Å². The van der Waals surface area contributed by atoms with Crippen molar-refractivity contribution in [3.8, 4) is 0 Å². The lowest BCUT2D eigenvalue weighted by molar-refractivity contribution is 0.0707. The Kier molecular flexibility index (Phi) is 5.76. The Bertz CT molecular complexity index is 891. The highest BCUT2D eigenvalue weighted by molar-refractivity contribution is 7.92. The number of anilines is 1. The van der Waals surface area contributed by atoms with Crippen LogP contribution in [0.15, 0.2) is 53.4 Å². The first-order valence-electron chi connectivity index (χ1n) is 8.74. The number of likely N-dealkylation sites (tertiary alicyclic amines) is 1. The number of nitrogens with one attached hydrogen (secondary N) is 2. The number of hydrogen-bond donors (Lipinski definition) is 2. The maximum Gasteiger partial charge on any atom is 0.261 e. The number of sulfonamides is 1. The Balaban J connectivity index is 1.66. The number of benzene rings is 2. The van der Waals surface area contributed by atoms with Crippen molar-refractivity contribution in [1.29, 1.82) is 0 Å². The molecule has 0 saturated carbocycles. The van der Waals surface area contributed by atoms with Crippen LogP contribution in [0.4, 0.5) is 10.1 Å². The number of piperidine rings is 1. The fraction of sp³-hybridized carbons (Fsp3) is 0.316. The van der Waals surface area contributed by atoms with E-state index in [2.05, 4.69) is 10.0 Å². The highest BCUT2D eigenvalue weighted by Gasteiger charge is 2.23. The molecule has 1 heterocycles. The van der Waals surface area contributed by atoms with Crippen molar-refractivity contribution in [2.75, 3.05) is 24.9 Å². The van der Waals surface area contributed by atoms with Crippen LogP contribution in [-0.2, 0) is 10.0 Å². The third-order valence-corrected chi connectivity index (χ3v) is 6.10. The Labute approximate surface area is 158 Å². The average molecular weight is 391 g/mol. The number of nitrogens with zero attached hydrogens (tertiary/aromatic N) is 1. The van der Waals surface area contributed by atoms with Gasteiger partial charge in [0.15, 0.2) is 0 Å². The van der Waals surface area contributed by atoms with E-state index in [0.717, 1.165) is 25.0 Å². The van der Waals surface area contributed by atoms with Gasteiger partial charge in [-0.25, -0.2) is 12.8 Å². The molecule has 27 heavy (non-hydrogen) atoms. The normalized spacial score (nSPS) is 15.6. The van der Waals surface area contributed by atoms with E-state index in [0.29, 0.717) is 30.4 Å². The van der Waals surface area contributed by atoms with Gasteiger partial charge >= 0.3 is 0 Å². The number of halogens is 1. The van der Waals surface area contributed by atoms with Crippen molar-refractivity contribution < 1.29 is 17.6 Å². The summed E-state index contributed by atoms with van der Waals surface area (Å²) in [6, 6.07) is 11.3. The zero-order valence-electron chi connectivity index (χ0n) is 15.0. The first-order chi connectivity index (χ1) is 12.9. The molecule has 0 unspecified atom stereocenters. The summed E-state index contributed by atoms with van der Waals surface area (Å²) in [6.07, 6.45) is 1.83. The summed E-state index contributed by atoms with van der Waals surface area (Å²) in [5.74, 6) is -0.562. The topological polar surface area (TPSA) is 78.5 Å². The zero-order valence-corrected chi connectivity index (χ0v) is 15.8. The minimum absolute atomic E-state index is 0.0311. The Morgan fingerprint density at radius 3 is 2.19 bits per heavy atom. The van der Waals surface area contributed by atoms with Gasteiger partial charge in [-0.1, -0.05) is 0 Å². The van der Waals surface area contributed by atoms with Gasteiger partial charge in [0.05, 0.1) is 4.90 Å². The summed E-state index contributed by atoms with van der Waals surface area (Å²) in [4.78, 5) is 14.4. The molecule has 2 aromatic carbocycles. The fourth-order valence-corrected chi connectivity index (χ4v) is 4.12. The number of amides is 1. The molecule has 0 atom stereocenters. The first kappa shape index (κ1) is 19.3. The fourth-order valence-electron chi connectivity index (χ4n) is 3.06. The molecule has 3 rings (SSSR count). The van der Waals surface area contributed by atoms with Crippen LogP contribution in [0, 0.1) is 5.82 Å². The quantitative estimate of drug-likeness (QED) is 0.821. The van der Waals surface area contributed by atoms with Gasteiger partial charge in [-0.2, -0.15) is 0 Å². The zero-order chi connectivity index (χ0) is 19.4. The number of rotatable bonds is 5. The van der Waals surface area contributed by atoms with E-state index in [4.69, 9.17) is 0 Å². The molecule has 0 aromatic heterocycles. The molecule has 144 valence electrons. The van der Waals surface area contributed by atoms with Gasteiger partial charge in [-0.3, -0.25) is 9.52 Å². The third kappa shape index (κ3) is 4.64. The lowest BCUT2D eigenvalue weighted by atomic mass is 10.0. The van der Waals surface area contributed by atoms with Crippen LogP contribution < -0.4 is 10.0 Å². The maximum absolute atomic E-state index is 13.0. The Morgan fingerprint density at radius 1 is 1.04 bits per heavy atom. The van der Waals surface area contributed by atoms with E-state index in [1.165, 1.54) is 12.1 Å². The molecule has 1 amide bonds. The van der Waals surface area contributed by atoms with Crippen molar-refractivity contribution in [2.45, 2.75) is 23.8 Å². The Hall–Kier alpha value is -2.45. The largest absolute Gasteiger partial charge is 0.339 e. The molecule has 2 N–H and O–H groups in total. The highest BCUT2D eigenvalue weighted by atomic mass is 32.2. The van der Waals surface area contributed by atoms with Crippen LogP contribution >= 0.6 is 0 Å². The summed E-state index contributed by atoms with van der Waals surface area (Å²) in [6.45, 7) is 1.40. The number of carbonyl (C=O) groups is 1. The van der Waals surface area contributed by atoms with Crippen molar-refractivity contribution in [1.82, 2.24) is 10.2 Å². The summed E-state index contributed by atoms with van der Waals surface area (Å²) in [5.41, 5.74) is 0.854. The van der Waals surface area contributed by atoms with Gasteiger partial charge in [-0.05, 0) is 68.4 Å². The lowest BCUT2D eigenvalue weighted by Gasteiger charge is -2.31. The molecule has 8 heteroatoms. The molecule has 1 saturated heterocycles. The van der Waals surface area contributed by atoms with Gasteiger partial charge in [0, 0.05) is 30.4 Å². The molecule has 2 aromatic rings. The van der Waals surface area contributed by atoms with Crippen molar-refractivity contribution in [3.05, 3.63) is 59.9 Å². The summed E-state index contributed by atoms with van der Waals surface area (Å²) in [7, 11) is -1.89. The van der Waals surface area contributed by atoms with Gasteiger partial charge in [-0.15, -0.1) is 0 Å². The SMILES string of the molecule is CNC1CCN(C(=O)c2ccc(NS(=O)(=O)c3ccc(F)cc3)cc2)CC1. The summed E-state index contributed by atoms with van der Waals surface area (Å²) < 4.78 is 40.0. The van der Waals surface area contributed by atoms with Crippen LogP contribution in [0.5, 0.6) is 0 Å². The van der Waals surface area contributed by atoms with E-state index in [-0.39, 0.29) is 10.8 Å². The Morgan fingerprint density at radius 2 is 1.63 bits per heavy atom. The molecule has 0 aliphatic carbocycles. The molecule has 1 aliphatic rings. The van der Waals surface area contributed by atoms with Crippen molar-refractivity contribution >= 4 is 21.6 Å². The molecule has 6 nitrogen and oxygen atoms in total. The minimum Gasteiger partial charge on any atom is -0.339 e. The smallest absolute Gasteiger partial charge is 0.261 e. The standard InChI is InChI=1S/C19H22FN3O3S/c1-21-16-10-12-23(13-11-16)19(24)14-2-6-17(7-3-14)22-27(25,26)18-8-4-15(20)5-9-18/h2-9,16,21-22H,10-13H2,1H3. The van der Waals surface area contributed by atoms with Crippen molar-refractivity contribution in [3.63, 3.8) is 0 Å². The average Bonchev–Trinajstić information content (AvgIpc) is 2.68. The first-order valence-corrected chi connectivity index (χ1v) is 10.2. The van der Waals surface area contributed by atoms with E-state index in [1.54, 1.807) is 24.3 Å². The second-order valence-electron chi connectivity index (χ2n) is 6.49. The van der Waals surface area contributed by atoms with E-state index < -0.39 is 15.8 Å². The second kappa shape index (κ2) is 8.06. The van der Waals surface area contributed by atoms with E-state index in [9.17, 15) is 17.6 Å². The van der Waals surface area contributed by atoms with Gasteiger partial charge in [0.25, 0.3) is 15.9 Å². The summed E-state index contributed by atoms with van der Waals surface area (Å²) >= 11 is 0. The van der Waals surface area contributed by atoms with Crippen molar-refractivity contribution in [2.24, 2.45) is 0 Å². The highest BCUT2D eigenvalue weighted by Crippen LogP contribution is 2.19. The van der Waals surface area contributed by atoms with Crippen LogP contribution in [0.2, 0.25) is 0 Å². The van der Waals surface area contributed by atoms with Crippen LogP contribution in [0.1, 0.15) is 23.2 Å². The third-order valence-electron chi connectivity index (χ3n) is 4.70. The van der Waals surface area contributed by atoms with Crippen LogP contribution in [-0.4, -0.2) is 45.4 Å². The molecule has 0 spiro atoms. The van der Waals surface area contributed by atoms with E-state index >= 15 is 0 Å². The summed E-state index contributed by atoms with van der Waals surface area (Å²) in [5, 5.41) is 3.22. The molecule has 0 radical (unpaired) electrons. The lowest BCUT2D eigenvalue weighted by Crippen LogP contribution is -2.43. The van der Waals surface area contributed by atoms with Crippen LogP contribution in [0.25, 0.3) is 0 Å².